The second kappa shape index (κ2) is 5.78. The van der Waals surface area contributed by atoms with Crippen LogP contribution in [-0.2, 0) is 21.9 Å². The highest BCUT2D eigenvalue weighted by Gasteiger charge is 2.34. The third-order valence-electron chi connectivity index (χ3n) is 3.75. The van der Waals surface area contributed by atoms with E-state index in [4.69, 9.17) is 0 Å². The van der Waals surface area contributed by atoms with E-state index in [9.17, 15) is 13.2 Å². The van der Waals surface area contributed by atoms with E-state index in [1.54, 1.807) is 16.6 Å². The van der Waals surface area contributed by atoms with Gasteiger partial charge in [-0.2, -0.15) is 9.82 Å². The lowest BCUT2D eigenvalue weighted by Gasteiger charge is -2.32. The minimum absolute atomic E-state index is 0.0567. The molecule has 1 amide bonds. The van der Waals surface area contributed by atoms with Crippen LogP contribution < -0.4 is 9.62 Å². The molecule has 1 atom stereocenters. The quantitative estimate of drug-likeness (QED) is 0.810. The highest BCUT2D eigenvalue weighted by molar-refractivity contribution is 7.89. The van der Waals surface area contributed by atoms with E-state index >= 15 is 0 Å². The number of imidazole rings is 1. The average Bonchev–Trinajstić information content (AvgIpc) is 3.11. The Morgan fingerprint density at radius 2 is 2.22 bits per heavy atom. The molecule has 1 aliphatic rings. The Bertz CT molecular complexity index is 811. The van der Waals surface area contributed by atoms with Gasteiger partial charge in [-0.15, -0.1) is 0 Å². The number of nitrogens with one attached hydrogen (secondary N) is 2. The minimum atomic E-state index is -3.80. The zero-order valence-electron chi connectivity index (χ0n) is 12.9. The maximum atomic E-state index is 12.7. The fourth-order valence-electron chi connectivity index (χ4n) is 2.70. The molecule has 9 nitrogen and oxygen atoms in total. The SMILES string of the molecule is Cc1cc(N2CCC[C@H](NS(=O)(=O)c3cnc[nH]3)C2=O)n(C)n1. The van der Waals surface area contributed by atoms with Gasteiger partial charge in [-0.25, -0.2) is 13.4 Å². The van der Waals surface area contributed by atoms with E-state index in [0.29, 0.717) is 25.2 Å². The van der Waals surface area contributed by atoms with Gasteiger partial charge in [-0.3, -0.25) is 14.4 Å². The fraction of sp³-hybridized carbons (Fsp3) is 0.462. The molecule has 3 rings (SSSR count). The predicted molar refractivity (Wildman–Crippen MR) is 82.2 cm³/mol. The molecule has 0 unspecified atom stereocenters. The predicted octanol–water partition coefficient (Wildman–Crippen LogP) is -0.0745. The molecule has 0 radical (unpaired) electrons. The highest BCUT2D eigenvalue weighted by atomic mass is 32.2. The van der Waals surface area contributed by atoms with Crippen molar-refractivity contribution in [1.82, 2.24) is 24.5 Å². The molecule has 2 N–H and O–H groups in total. The normalized spacial score (nSPS) is 19.3. The highest BCUT2D eigenvalue weighted by Crippen LogP contribution is 2.22. The lowest BCUT2D eigenvalue weighted by molar-refractivity contribution is -0.121. The van der Waals surface area contributed by atoms with E-state index in [0.717, 1.165) is 5.69 Å². The molecule has 124 valence electrons. The number of carbonyl (C=O) groups excluding carboxylic acids is 1. The average molecular weight is 338 g/mol. The van der Waals surface area contributed by atoms with Gasteiger partial charge in [0.15, 0.2) is 5.03 Å². The Labute approximate surface area is 133 Å². The molecular formula is C13H18N6O3S. The smallest absolute Gasteiger partial charge is 0.258 e. The number of sulfonamides is 1. The number of hydrogen-bond donors (Lipinski definition) is 2. The van der Waals surface area contributed by atoms with Crippen molar-refractivity contribution in [2.45, 2.75) is 30.8 Å². The molecule has 1 fully saturated rings. The minimum Gasteiger partial charge on any atom is -0.335 e. The number of rotatable bonds is 4. The summed E-state index contributed by atoms with van der Waals surface area (Å²) in [6.45, 7) is 2.39. The standard InChI is InChI=1S/C13H18N6O3S/c1-9-6-12(18(2)16-9)19-5-3-4-10(13(19)20)17-23(21,22)11-7-14-8-15-11/h6-8,10,17H,3-5H2,1-2H3,(H,14,15)/t10-/m0/s1. The monoisotopic (exact) mass is 338 g/mol. The fourth-order valence-corrected chi connectivity index (χ4v) is 3.83. The molecule has 10 heteroatoms. The Kier molecular flexibility index (Phi) is 3.94. The van der Waals surface area contributed by atoms with Gasteiger partial charge < -0.3 is 4.98 Å². The second-order valence-corrected chi connectivity index (χ2v) is 7.17. The molecule has 0 aromatic carbocycles. The van der Waals surface area contributed by atoms with Crippen molar-refractivity contribution in [3.8, 4) is 0 Å². The maximum Gasteiger partial charge on any atom is 0.258 e. The van der Waals surface area contributed by atoms with Crippen molar-refractivity contribution >= 4 is 21.7 Å². The van der Waals surface area contributed by atoms with Gasteiger partial charge in [0.1, 0.15) is 11.9 Å². The zero-order chi connectivity index (χ0) is 16.6. The Morgan fingerprint density at radius 3 is 2.83 bits per heavy atom. The van der Waals surface area contributed by atoms with Crippen molar-refractivity contribution in [3.63, 3.8) is 0 Å². The molecule has 2 aromatic rings. The number of aromatic nitrogens is 4. The van der Waals surface area contributed by atoms with Crippen LogP contribution in [0.3, 0.4) is 0 Å². The van der Waals surface area contributed by atoms with Crippen molar-refractivity contribution in [2.75, 3.05) is 11.4 Å². The van der Waals surface area contributed by atoms with Crippen molar-refractivity contribution in [1.29, 1.82) is 0 Å². The summed E-state index contributed by atoms with van der Waals surface area (Å²) in [5.41, 5.74) is 0.801. The molecule has 0 saturated carbocycles. The Hall–Kier alpha value is -2.20. The first-order chi connectivity index (χ1) is 10.9. The van der Waals surface area contributed by atoms with Gasteiger partial charge in [0.05, 0.1) is 18.2 Å². The summed E-state index contributed by atoms with van der Waals surface area (Å²) in [7, 11) is -2.04. The topological polar surface area (TPSA) is 113 Å². The van der Waals surface area contributed by atoms with Crippen molar-refractivity contribution < 1.29 is 13.2 Å². The van der Waals surface area contributed by atoms with Crippen LogP contribution in [0.25, 0.3) is 0 Å². The second-order valence-electron chi connectivity index (χ2n) is 5.49. The van der Waals surface area contributed by atoms with E-state index < -0.39 is 16.1 Å². The van der Waals surface area contributed by atoms with Crippen LogP contribution in [0.2, 0.25) is 0 Å². The van der Waals surface area contributed by atoms with E-state index in [1.165, 1.54) is 12.5 Å². The molecule has 1 saturated heterocycles. The number of hydrogen-bond acceptors (Lipinski definition) is 5. The summed E-state index contributed by atoms with van der Waals surface area (Å²) in [5, 5.41) is 4.18. The number of anilines is 1. The molecule has 0 bridgehead atoms. The zero-order valence-corrected chi connectivity index (χ0v) is 13.7. The Balaban J connectivity index is 1.82. The van der Waals surface area contributed by atoms with E-state index in [2.05, 4.69) is 19.8 Å². The number of amides is 1. The summed E-state index contributed by atoms with van der Waals surface area (Å²) >= 11 is 0. The summed E-state index contributed by atoms with van der Waals surface area (Å²) in [5.74, 6) is 0.389. The third-order valence-corrected chi connectivity index (χ3v) is 5.15. The number of carbonyl (C=O) groups is 1. The van der Waals surface area contributed by atoms with Crippen LogP contribution in [0.4, 0.5) is 5.82 Å². The molecule has 3 heterocycles. The first-order valence-corrected chi connectivity index (χ1v) is 8.69. The summed E-state index contributed by atoms with van der Waals surface area (Å²) in [6, 6.07) is 1.01. The number of nitrogens with zero attached hydrogens (tertiary/aromatic N) is 4. The van der Waals surface area contributed by atoms with Crippen LogP contribution in [0.5, 0.6) is 0 Å². The van der Waals surface area contributed by atoms with Crippen LogP contribution in [-0.4, -0.2) is 46.7 Å². The van der Waals surface area contributed by atoms with Crippen LogP contribution in [0.15, 0.2) is 23.6 Å². The van der Waals surface area contributed by atoms with Crippen molar-refractivity contribution in [2.24, 2.45) is 7.05 Å². The van der Waals surface area contributed by atoms with Crippen LogP contribution >= 0.6 is 0 Å². The van der Waals surface area contributed by atoms with Gasteiger partial charge >= 0.3 is 0 Å². The van der Waals surface area contributed by atoms with Crippen molar-refractivity contribution in [3.05, 3.63) is 24.3 Å². The van der Waals surface area contributed by atoms with Gasteiger partial charge in [-0.05, 0) is 19.8 Å². The summed E-state index contributed by atoms with van der Waals surface area (Å²) in [4.78, 5) is 20.5. The molecule has 23 heavy (non-hydrogen) atoms. The van der Waals surface area contributed by atoms with Gasteiger partial charge in [0.2, 0.25) is 5.91 Å². The number of aryl methyl sites for hydroxylation is 2. The first-order valence-electron chi connectivity index (χ1n) is 7.21. The number of piperidine rings is 1. The molecule has 0 spiro atoms. The van der Waals surface area contributed by atoms with E-state index in [1.807, 2.05) is 13.0 Å². The largest absolute Gasteiger partial charge is 0.335 e. The number of H-pyrrole nitrogens is 1. The number of aromatic amines is 1. The van der Waals surface area contributed by atoms with Crippen LogP contribution in [0.1, 0.15) is 18.5 Å². The lowest BCUT2D eigenvalue weighted by atomic mass is 10.1. The molecular weight excluding hydrogens is 320 g/mol. The molecule has 0 aliphatic carbocycles. The molecule has 1 aliphatic heterocycles. The first kappa shape index (κ1) is 15.7. The lowest BCUT2D eigenvalue weighted by Crippen LogP contribution is -2.52. The summed E-state index contributed by atoms with van der Waals surface area (Å²) < 4.78 is 28.6. The third kappa shape index (κ3) is 2.99. The van der Waals surface area contributed by atoms with Gasteiger partial charge in [0.25, 0.3) is 10.0 Å². The Morgan fingerprint density at radius 1 is 1.43 bits per heavy atom. The maximum absolute atomic E-state index is 12.7. The summed E-state index contributed by atoms with van der Waals surface area (Å²) in [6.07, 6.45) is 3.64. The van der Waals surface area contributed by atoms with Gasteiger partial charge in [0, 0.05) is 19.7 Å². The van der Waals surface area contributed by atoms with Crippen LogP contribution in [0, 0.1) is 6.92 Å². The molecule has 2 aromatic heterocycles. The van der Waals surface area contributed by atoms with Gasteiger partial charge in [-0.1, -0.05) is 0 Å². The van der Waals surface area contributed by atoms with E-state index in [-0.39, 0.29) is 10.9 Å².